The first-order valence-electron chi connectivity index (χ1n) is 10.7. The van der Waals surface area contributed by atoms with Crippen molar-refractivity contribution in [2.24, 2.45) is 0 Å². The summed E-state index contributed by atoms with van der Waals surface area (Å²) in [5.41, 5.74) is 2.04. The number of carbonyl (C=O) groups is 1. The van der Waals surface area contributed by atoms with E-state index in [2.05, 4.69) is 4.72 Å². The van der Waals surface area contributed by atoms with Crippen molar-refractivity contribution in [2.75, 3.05) is 19.8 Å². The highest BCUT2D eigenvalue weighted by atomic mass is 32.2. The molecule has 1 N–H and O–H groups in total. The molecule has 0 saturated heterocycles. The van der Waals surface area contributed by atoms with E-state index in [-0.39, 0.29) is 11.5 Å². The van der Waals surface area contributed by atoms with Gasteiger partial charge in [-0.3, -0.25) is 0 Å². The molecule has 1 atom stereocenters. The van der Waals surface area contributed by atoms with Crippen LogP contribution in [-0.4, -0.2) is 34.2 Å². The van der Waals surface area contributed by atoms with Crippen molar-refractivity contribution in [1.82, 2.24) is 4.72 Å². The van der Waals surface area contributed by atoms with Gasteiger partial charge in [0.1, 0.15) is 13.2 Å². The Morgan fingerprint density at radius 3 is 2.36 bits per heavy atom. The number of benzene rings is 3. The second-order valence-electron chi connectivity index (χ2n) is 7.51. The lowest BCUT2D eigenvalue weighted by molar-refractivity contribution is 0.0526. The third kappa shape index (κ3) is 5.53. The summed E-state index contributed by atoms with van der Waals surface area (Å²) in [6.07, 6.45) is 0.445. The summed E-state index contributed by atoms with van der Waals surface area (Å²) in [5, 5.41) is 0. The first-order valence-corrected chi connectivity index (χ1v) is 12.2. The summed E-state index contributed by atoms with van der Waals surface area (Å²) in [5.74, 6) is 0.739. The van der Waals surface area contributed by atoms with E-state index in [1.807, 2.05) is 42.5 Å². The molecule has 1 heterocycles. The molecule has 1 aliphatic rings. The van der Waals surface area contributed by atoms with Gasteiger partial charge in [0.15, 0.2) is 11.5 Å². The molecule has 3 aromatic carbocycles. The smallest absolute Gasteiger partial charge is 0.338 e. The fourth-order valence-electron chi connectivity index (χ4n) is 3.59. The lowest BCUT2D eigenvalue weighted by Gasteiger charge is -2.23. The van der Waals surface area contributed by atoms with Gasteiger partial charge in [-0.1, -0.05) is 36.4 Å². The normalized spacial score (nSPS) is 13.8. The van der Waals surface area contributed by atoms with Crippen molar-refractivity contribution in [3.8, 4) is 11.5 Å². The molecular weight excluding hydrogens is 442 g/mol. The van der Waals surface area contributed by atoms with Crippen LogP contribution in [-0.2, 0) is 21.2 Å². The van der Waals surface area contributed by atoms with Crippen LogP contribution in [0.3, 0.4) is 0 Å². The standard InChI is InChI=1S/C25H25NO6S/c1-2-30-25(27)19-8-11-21(12-9-19)33(28,29)26-22(16-18-6-4-3-5-7-18)20-10-13-23-24(17-20)32-15-14-31-23/h3-13,17,22,26H,2,14-16H2,1H3. The van der Waals surface area contributed by atoms with Gasteiger partial charge < -0.3 is 14.2 Å². The molecule has 1 unspecified atom stereocenters. The lowest BCUT2D eigenvalue weighted by atomic mass is 9.99. The molecular formula is C25H25NO6S. The van der Waals surface area contributed by atoms with E-state index >= 15 is 0 Å². The van der Waals surface area contributed by atoms with E-state index in [1.54, 1.807) is 13.0 Å². The summed E-state index contributed by atoms with van der Waals surface area (Å²) >= 11 is 0. The van der Waals surface area contributed by atoms with Gasteiger partial charge in [-0.05, 0) is 60.9 Å². The van der Waals surface area contributed by atoms with Crippen LogP contribution >= 0.6 is 0 Å². The number of carbonyl (C=O) groups excluding carboxylic acids is 1. The Morgan fingerprint density at radius 1 is 0.970 bits per heavy atom. The Bertz CT molecular complexity index is 1210. The molecule has 0 aliphatic carbocycles. The number of hydrogen-bond donors (Lipinski definition) is 1. The summed E-state index contributed by atoms with van der Waals surface area (Å²) in [6, 6.07) is 20.3. The van der Waals surface area contributed by atoms with Gasteiger partial charge >= 0.3 is 5.97 Å². The van der Waals surface area contributed by atoms with Gasteiger partial charge in [0.2, 0.25) is 10.0 Å². The molecule has 3 aromatic rings. The Morgan fingerprint density at radius 2 is 1.67 bits per heavy atom. The highest BCUT2D eigenvalue weighted by molar-refractivity contribution is 7.89. The number of sulfonamides is 1. The first-order chi connectivity index (χ1) is 16.0. The zero-order chi connectivity index (χ0) is 23.3. The van der Waals surface area contributed by atoms with Crippen LogP contribution in [0.1, 0.15) is 34.5 Å². The van der Waals surface area contributed by atoms with Crippen molar-refractivity contribution < 1.29 is 27.4 Å². The van der Waals surface area contributed by atoms with Crippen LogP contribution in [0.2, 0.25) is 0 Å². The van der Waals surface area contributed by atoms with E-state index in [1.165, 1.54) is 24.3 Å². The third-order valence-corrected chi connectivity index (χ3v) is 6.71. The topological polar surface area (TPSA) is 90.9 Å². The van der Waals surface area contributed by atoms with Crippen molar-refractivity contribution in [3.05, 3.63) is 89.5 Å². The van der Waals surface area contributed by atoms with E-state index < -0.39 is 22.0 Å². The minimum atomic E-state index is -3.88. The molecule has 0 amide bonds. The van der Waals surface area contributed by atoms with Crippen molar-refractivity contribution >= 4 is 16.0 Å². The zero-order valence-electron chi connectivity index (χ0n) is 18.2. The number of esters is 1. The molecule has 0 saturated carbocycles. The first kappa shape index (κ1) is 22.8. The third-order valence-electron chi connectivity index (χ3n) is 5.22. The van der Waals surface area contributed by atoms with Crippen LogP contribution < -0.4 is 14.2 Å². The second-order valence-corrected chi connectivity index (χ2v) is 9.23. The highest BCUT2D eigenvalue weighted by Gasteiger charge is 2.24. The Balaban J connectivity index is 1.62. The monoisotopic (exact) mass is 467 g/mol. The van der Waals surface area contributed by atoms with Crippen LogP contribution in [0.5, 0.6) is 11.5 Å². The number of rotatable bonds is 8. The van der Waals surface area contributed by atoms with Crippen LogP contribution in [0.15, 0.2) is 77.7 Å². The summed E-state index contributed by atoms with van der Waals surface area (Å²) in [7, 11) is -3.88. The zero-order valence-corrected chi connectivity index (χ0v) is 19.0. The minimum Gasteiger partial charge on any atom is -0.486 e. The maximum absolute atomic E-state index is 13.2. The van der Waals surface area contributed by atoms with Gasteiger partial charge in [-0.25, -0.2) is 17.9 Å². The predicted molar refractivity (Wildman–Crippen MR) is 123 cm³/mol. The molecule has 1 aliphatic heterocycles. The Kier molecular flexibility index (Phi) is 6.96. The van der Waals surface area contributed by atoms with Crippen molar-refractivity contribution in [2.45, 2.75) is 24.3 Å². The molecule has 0 radical (unpaired) electrons. The number of nitrogens with one attached hydrogen (secondary N) is 1. The van der Waals surface area contributed by atoms with Gasteiger partial charge in [-0.2, -0.15) is 0 Å². The van der Waals surface area contributed by atoms with E-state index in [4.69, 9.17) is 14.2 Å². The average Bonchev–Trinajstić information content (AvgIpc) is 2.84. The summed E-state index contributed by atoms with van der Waals surface area (Å²) in [6.45, 7) is 2.88. The molecule has 8 heteroatoms. The fourth-order valence-corrected chi connectivity index (χ4v) is 4.82. The van der Waals surface area contributed by atoms with Crippen LogP contribution in [0.4, 0.5) is 0 Å². The molecule has 33 heavy (non-hydrogen) atoms. The van der Waals surface area contributed by atoms with Gasteiger partial charge in [0.25, 0.3) is 0 Å². The Labute approximate surface area is 193 Å². The fraction of sp³-hybridized carbons (Fsp3) is 0.240. The molecule has 0 aromatic heterocycles. The van der Waals surface area contributed by atoms with Crippen LogP contribution in [0, 0.1) is 0 Å². The lowest BCUT2D eigenvalue weighted by Crippen LogP contribution is -2.30. The van der Waals surface area contributed by atoms with E-state index in [9.17, 15) is 13.2 Å². The molecule has 7 nitrogen and oxygen atoms in total. The molecule has 0 fully saturated rings. The highest BCUT2D eigenvalue weighted by Crippen LogP contribution is 2.34. The predicted octanol–water partition coefficient (Wildman–Crippen LogP) is 3.90. The largest absolute Gasteiger partial charge is 0.486 e. The SMILES string of the molecule is CCOC(=O)c1ccc(S(=O)(=O)NC(Cc2ccccc2)c2ccc3c(c2)OCCO3)cc1. The maximum Gasteiger partial charge on any atom is 0.338 e. The summed E-state index contributed by atoms with van der Waals surface area (Å²) in [4.78, 5) is 11.9. The van der Waals surface area contributed by atoms with Gasteiger partial charge in [-0.15, -0.1) is 0 Å². The summed E-state index contributed by atoms with van der Waals surface area (Å²) < 4.78 is 45.5. The number of ether oxygens (including phenoxy) is 3. The second kappa shape index (κ2) is 10.1. The molecule has 172 valence electrons. The number of hydrogen-bond acceptors (Lipinski definition) is 6. The Hall–Kier alpha value is -3.36. The number of fused-ring (bicyclic) bond motifs is 1. The quantitative estimate of drug-likeness (QED) is 0.506. The van der Waals surface area contributed by atoms with E-state index in [0.717, 1.165) is 11.1 Å². The molecule has 0 spiro atoms. The van der Waals surface area contributed by atoms with E-state index in [0.29, 0.717) is 36.7 Å². The maximum atomic E-state index is 13.2. The van der Waals surface area contributed by atoms with Crippen molar-refractivity contribution in [1.29, 1.82) is 0 Å². The average molecular weight is 468 g/mol. The minimum absolute atomic E-state index is 0.0613. The van der Waals surface area contributed by atoms with Gasteiger partial charge in [0, 0.05) is 0 Å². The molecule has 4 rings (SSSR count). The molecule has 0 bridgehead atoms. The van der Waals surface area contributed by atoms with Crippen LogP contribution in [0.25, 0.3) is 0 Å². The van der Waals surface area contributed by atoms with Gasteiger partial charge in [0.05, 0.1) is 23.1 Å². The van der Waals surface area contributed by atoms with Crippen molar-refractivity contribution in [3.63, 3.8) is 0 Å².